The first-order valence-corrected chi connectivity index (χ1v) is 9.84. The predicted octanol–water partition coefficient (Wildman–Crippen LogP) is 4.28. The molecule has 2 aromatic heterocycles. The van der Waals surface area contributed by atoms with Crippen LogP contribution in [0.5, 0.6) is 0 Å². The van der Waals surface area contributed by atoms with Crippen molar-refractivity contribution in [3.05, 3.63) is 76.7 Å². The average molecular weight is 395 g/mol. The fourth-order valence-electron chi connectivity index (χ4n) is 3.29. The van der Waals surface area contributed by atoms with Gasteiger partial charge in [0, 0.05) is 29.4 Å². The van der Waals surface area contributed by atoms with Crippen molar-refractivity contribution in [2.45, 2.75) is 19.0 Å². The Kier molecular flexibility index (Phi) is 4.87. The normalized spacial score (nSPS) is 19.0. The first-order valence-electron chi connectivity index (χ1n) is 8.55. The van der Waals surface area contributed by atoms with Crippen molar-refractivity contribution in [3.63, 3.8) is 0 Å². The summed E-state index contributed by atoms with van der Waals surface area (Å²) >= 11 is 7.38. The lowest BCUT2D eigenvalue weighted by atomic mass is 10.0. The van der Waals surface area contributed by atoms with Crippen molar-refractivity contribution >= 4 is 45.9 Å². The van der Waals surface area contributed by atoms with E-state index in [1.807, 2.05) is 42.5 Å². The van der Waals surface area contributed by atoms with Gasteiger partial charge in [-0.2, -0.15) is 0 Å². The van der Waals surface area contributed by atoms with E-state index in [0.717, 1.165) is 17.1 Å². The molecule has 2 N–H and O–H groups in total. The third-order valence-electron chi connectivity index (χ3n) is 4.40. The van der Waals surface area contributed by atoms with E-state index in [1.54, 1.807) is 17.5 Å². The second kappa shape index (κ2) is 7.46. The third kappa shape index (κ3) is 3.56. The minimum atomic E-state index is -0.0900. The molecule has 1 saturated heterocycles. The van der Waals surface area contributed by atoms with Gasteiger partial charge in [-0.15, -0.1) is 11.3 Å². The van der Waals surface area contributed by atoms with Crippen LogP contribution in [0.4, 0.5) is 11.4 Å². The molecule has 0 aliphatic carbocycles. The van der Waals surface area contributed by atoms with Crippen LogP contribution < -0.4 is 15.5 Å². The lowest BCUT2D eigenvalue weighted by Gasteiger charge is -2.27. The molecule has 1 aromatic carbocycles. The number of pyridine rings is 1. The number of aromatic nitrogens is 1. The Balaban J connectivity index is 1.72. The van der Waals surface area contributed by atoms with Crippen LogP contribution in [0.25, 0.3) is 0 Å². The number of anilines is 2. The van der Waals surface area contributed by atoms with Crippen LogP contribution in [0.2, 0.25) is 0 Å². The number of thiocarbonyl (C=S) groups is 1. The monoisotopic (exact) mass is 394 g/mol. The molecule has 136 valence electrons. The molecule has 0 bridgehead atoms. The first kappa shape index (κ1) is 17.6. The summed E-state index contributed by atoms with van der Waals surface area (Å²) in [7, 11) is 0. The zero-order valence-corrected chi connectivity index (χ0v) is 16.3. The Morgan fingerprint density at radius 3 is 2.63 bits per heavy atom. The molecule has 0 saturated carbocycles. The first-order chi connectivity index (χ1) is 13.1. The standard InChI is InChI=1S/C20H18N4OS2/c1-13(25)22-14-7-9-15(10-8-14)24-19(17-6-4-12-27-17)18(23-20(24)26)16-5-2-3-11-21-16/h2-12,18-19H,1H3,(H,22,25)(H,23,26)/t18-,19-/m0/s1. The predicted molar refractivity (Wildman–Crippen MR) is 113 cm³/mol. The molecule has 4 rings (SSSR count). The average Bonchev–Trinajstić information content (AvgIpc) is 3.30. The molecule has 0 spiro atoms. The zero-order chi connectivity index (χ0) is 18.8. The minimum absolute atomic E-state index is 0.0130. The Morgan fingerprint density at radius 2 is 2.00 bits per heavy atom. The van der Waals surface area contributed by atoms with Crippen molar-refractivity contribution in [2.24, 2.45) is 0 Å². The fourth-order valence-corrected chi connectivity index (χ4v) is 4.49. The van der Waals surface area contributed by atoms with E-state index in [-0.39, 0.29) is 18.0 Å². The topological polar surface area (TPSA) is 57.3 Å². The van der Waals surface area contributed by atoms with Gasteiger partial charge in [-0.3, -0.25) is 9.78 Å². The molecule has 3 aromatic rings. The maximum Gasteiger partial charge on any atom is 0.221 e. The molecule has 1 aliphatic heterocycles. The second-order valence-corrected chi connectivity index (χ2v) is 7.61. The van der Waals surface area contributed by atoms with Crippen molar-refractivity contribution in [3.8, 4) is 0 Å². The van der Waals surface area contributed by atoms with E-state index in [0.29, 0.717) is 5.11 Å². The molecule has 0 radical (unpaired) electrons. The van der Waals surface area contributed by atoms with Gasteiger partial charge in [0.2, 0.25) is 5.91 Å². The molecular weight excluding hydrogens is 376 g/mol. The maximum atomic E-state index is 11.3. The summed E-state index contributed by atoms with van der Waals surface area (Å²) in [4.78, 5) is 19.1. The quantitative estimate of drug-likeness (QED) is 0.647. The molecule has 27 heavy (non-hydrogen) atoms. The second-order valence-electron chi connectivity index (χ2n) is 6.24. The highest BCUT2D eigenvalue weighted by atomic mass is 32.1. The molecule has 3 heterocycles. The summed E-state index contributed by atoms with van der Waals surface area (Å²) in [6, 6.07) is 17.8. The van der Waals surface area contributed by atoms with Crippen LogP contribution in [0.1, 0.15) is 29.6 Å². The van der Waals surface area contributed by atoms with Crippen LogP contribution >= 0.6 is 23.6 Å². The van der Waals surface area contributed by atoms with Gasteiger partial charge in [0.15, 0.2) is 5.11 Å². The van der Waals surface area contributed by atoms with Gasteiger partial charge in [0.1, 0.15) is 0 Å². The number of thiophene rings is 1. The van der Waals surface area contributed by atoms with Crippen LogP contribution in [-0.4, -0.2) is 16.0 Å². The molecule has 2 atom stereocenters. The summed E-state index contributed by atoms with van der Waals surface area (Å²) in [6.07, 6.45) is 1.80. The highest BCUT2D eigenvalue weighted by molar-refractivity contribution is 7.80. The fraction of sp³-hybridized carbons (Fsp3) is 0.150. The van der Waals surface area contributed by atoms with E-state index < -0.39 is 0 Å². The number of nitrogens with zero attached hydrogens (tertiary/aromatic N) is 2. The van der Waals surface area contributed by atoms with Crippen LogP contribution in [0.15, 0.2) is 66.2 Å². The number of hydrogen-bond donors (Lipinski definition) is 2. The van der Waals surface area contributed by atoms with E-state index in [1.165, 1.54) is 11.8 Å². The van der Waals surface area contributed by atoms with Crippen molar-refractivity contribution in [1.82, 2.24) is 10.3 Å². The number of hydrogen-bond acceptors (Lipinski definition) is 4. The summed E-state index contributed by atoms with van der Waals surface area (Å²) in [5, 5.41) is 8.97. The van der Waals surface area contributed by atoms with Crippen molar-refractivity contribution < 1.29 is 4.79 Å². The van der Waals surface area contributed by atoms with Gasteiger partial charge in [-0.1, -0.05) is 12.1 Å². The van der Waals surface area contributed by atoms with Crippen molar-refractivity contribution in [2.75, 3.05) is 10.2 Å². The van der Waals surface area contributed by atoms with Gasteiger partial charge in [-0.05, 0) is 60.1 Å². The number of carbonyl (C=O) groups is 1. The van der Waals surface area contributed by atoms with Gasteiger partial charge in [0.25, 0.3) is 0 Å². The Bertz CT molecular complexity index is 942. The molecule has 5 nitrogen and oxygen atoms in total. The summed E-state index contributed by atoms with van der Waals surface area (Å²) in [6.45, 7) is 1.50. The number of benzene rings is 1. The molecule has 7 heteroatoms. The lowest BCUT2D eigenvalue weighted by Crippen LogP contribution is -2.29. The van der Waals surface area contributed by atoms with Gasteiger partial charge >= 0.3 is 0 Å². The smallest absolute Gasteiger partial charge is 0.221 e. The largest absolute Gasteiger partial charge is 0.351 e. The lowest BCUT2D eigenvalue weighted by molar-refractivity contribution is -0.114. The van der Waals surface area contributed by atoms with E-state index in [9.17, 15) is 4.79 Å². The van der Waals surface area contributed by atoms with Gasteiger partial charge < -0.3 is 15.5 Å². The Morgan fingerprint density at radius 1 is 1.19 bits per heavy atom. The molecule has 1 amide bonds. The molecule has 0 unspecified atom stereocenters. The number of nitrogens with one attached hydrogen (secondary N) is 2. The van der Waals surface area contributed by atoms with Crippen LogP contribution in [0, 0.1) is 0 Å². The Labute approximate surface area is 167 Å². The summed E-state index contributed by atoms with van der Waals surface area (Å²) in [5.41, 5.74) is 2.69. The SMILES string of the molecule is CC(=O)Nc1ccc(N2C(=S)N[C@@H](c3ccccn3)[C@@H]2c2cccs2)cc1. The molecule has 1 fully saturated rings. The van der Waals surface area contributed by atoms with Crippen LogP contribution in [0.3, 0.4) is 0 Å². The maximum absolute atomic E-state index is 11.3. The molecule has 1 aliphatic rings. The Hall–Kier alpha value is -2.77. The van der Waals surface area contributed by atoms with Crippen LogP contribution in [-0.2, 0) is 4.79 Å². The highest BCUT2D eigenvalue weighted by Gasteiger charge is 2.41. The van der Waals surface area contributed by atoms with E-state index in [2.05, 4.69) is 38.0 Å². The zero-order valence-electron chi connectivity index (χ0n) is 14.6. The number of rotatable bonds is 4. The summed E-state index contributed by atoms with van der Waals surface area (Å²) < 4.78 is 0. The van der Waals surface area contributed by atoms with Gasteiger partial charge in [-0.25, -0.2) is 0 Å². The van der Waals surface area contributed by atoms with E-state index in [4.69, 9.17) is 12.2 Å². The molecular formula is C20H18N4OS2. The highest BCUT2D eigenvalue weighted by Crippen LogP contribution is 2.43. The third-order valence-corrected chi connectivity index (χ3v) is 5.66. The summed E-state index contributed by atoms with van der Waals surface area (Å²) in [5.74, 6) is -0.0900. The van der Waals surface area contributed by atoms with E-state index >= 15 is 0 Å². The number of carbonyl (C=O) groups excluding carboxylic acids is 1. The van der Waals surface area contributed by atoms with Gasteiger partial charge in [0.05, 0.1) is 17.8 Å². The number of amides is 1. The van der Waals surface area contributed by atoms with Crippen molar-refractivity contribution in [1.29, 1.82) is 0 Å². The minimum Gasteiger partial charge on any atom is -0.351 e.